The van der Waals surface area contributed by atoms with Gasteiger partial charge < -0.3 is 9.72 Å². The van der Waals surface area contributed by atoms with Gasteiger partial charge in [0.15, 0.2) is 0 Å². The van der Waals surface area contributed by atoms with Gasteiger partial charge in [0.1, 0.15) is 5.52 Å². The van der Waals surface area contributed by atoms with Crippen molar-refractivity contribution in [3.63, 3.8) is 0 Å². The number of aryl methyl sites for hydroxylation is 1. The Kier molecular flexibility index (Phi) is 3.27. The molecule has 0 amide bonds. The predicted molar refractivity (Wildman–Crippen MR) is 65.4 cm³/mol. The van der Waals surface area contributed by atoms with Crippen LogP contribution in [0.4, 0.5) is 5.69 Å². The first-order chi connectivity index (χ1) is 8.61. The van der Waals surface area contributed by atoms with Gasteiger partial charge in [0.05, 0.1) is 11.5 Å². The van der Waals surface area contributed by atoms with Gasteiger partial charge in [-0.3, -0.25) is 14.9 Å². The lowest BCUT2D eigenvalue weighted by Gasteiger charge is -1.96. The normalized spacial score (nSPS) is 10.5. The van der Waals surface area contributed by atoms with Crippen LogP contribution in [-0.4, -0.2) is 23.0 Å². The number of benzene rings is 1. The summed E-state index contributed by atoms with van der Waals surface area (Å²) in [5.74, 6) is 0. The maximum absolute atomic E-state index is 11.0. The molecular formula is C12H12N2O4. The second-order valence-electron chi connectivity index (χ2n) is 4.02. The van der Waals surface area contributed by atoms with E-state index in [-0.39, 0.29) is 12.3 Å². The summed E-state index contributed by atoms with van der Waals surface area (Å²) in [6, 6.07) is 5.25. The number of hydrogen-bond donors (Lipinski definition) is 1. The number of nitrogens with zero attached hydrogens (tertiary/aromatic N) is 1. The largest absolute Gasteiger partial charge is 0.467 e. The highest BCUT2D eigenvalue weighted by atomic mass is 16.6. The fourth-order valence-electron chi connectivity index (χ4n) is 1.92. The van der Waals surface area contributed by atoms with Crippen molar-refractivity contribution in [2.45, 2.75) is 13.3 Å². The molecule has 6 heteroatoms. The zero-order chi connectivity index (χ0) is 13.1. The van der Waals surface area contributed by atoms with Gasteiger partial charge in [0.25, 0.3) is 12.2 Å². The minimum atomic E-state index is -0.405. The van der Waals surface area contributed by atoms with Crippen molar-refractivity contribution in [3.05, 3.63) is 39.6 Å². The average Bonchev–Trinajstić information content (AvgIpc) is 2.70. The molecule has 0 aliphatic carbocycles. The number of rotatable bonds is 5. The maximum Gasteiger partial charge on any atom is 0.293 e. The maximum atomic E-state index is 11.0. The van der Waals surface area contributed by atoms with E-state index < -0.39 is 4.92 Å². The molecule has 0 aliphatic heterocycles. The van der Waals surface area contributed by atoms with Crippen LogP contribution in [0.5, 0.6) is 0 Å². The molecule has 0 fully saturated rings. The Morgan fingerprint density at radius 1 is 1.44 bits per heavy atom. The van der Waals surface area contributed by atoms with E-state index in [4.69, 9.17) is 0 Å². The first kappa shape index (κ1) is 12.1. The fourth-order valence-corrected chi connectivity index (χ4v) is 1.92. The van der Waals surface area contributed by atoms with Crippen molar-refractivity contribution in [2.75, 3.05) is 6.61 Å². The summed E-state index contributed by atoms with van der Waals surface area (Å²) in [4.78, 5) is 23.6. The lowest BCUT2D eigenvalue weighted by Crippen LogP contribution is -1.96. The molecule has 2 aromatic rings. The highest BCUT2D eigenvalue weighted by molar-refractivity contribution is 5.89. The summed E-state index contributed by atoms with van der Waals surface area (Å²) in [6.45, 7) is 2.45. The summed E-state index contributed by atoms with van der Waals surface area (Å²) in [5.41, 5.74) is 2.21. The van der Waals surface area contributed by atoms with Crippen LogP contribution < -0.4 is 0 Å². The van der Waals surface area contributed by atoms with Crippen molar-refractivity contribution in [1.29, 1.82) is 0 Å². The molecule has 0 unspecified atom stereocenters. The summed E-state index contributed by atoms with van der Waals surface area (Å²) in [7, 11) is 0. The predicted octanol–water partition coefficient (Wildman–Crippen LogP) is 2.10. The van der Waals surface area contributed by atoms with E-state index in [0.29, 0.717) is 18.4 Å². The van der Waals surface area contributed by atoms with Crippen LogP contribution in [0.2, 0.25) is 0 Å². The van der Waals surface area contributed by atoms with Crippen molar-refractivity contribution in [2.24, 2.45) is 0 Å². The van der Waals surface area contributed by atoms with Crippen LogP contribution in [-0.2, 0) is 16.0 Å². The Bertz CT molecular complexity index is 603. The van der Waals surface area contributed by atoms with Crippen molar-refractivity contribution in [1.82, 2.24) is 4.98 Å². The number of hydrogen-bond acceptors (Lipinski definition) is 4. The smallest absolute Gasteiger partial charge is 0.293 e. The highest BCUT2D eigenvalue weighted by Crippen LogP contribution is 2.27. The van der Waals surface area contributed by atoms with Crippen LogP contribution in [0.3, 0.4) is 0 Å². The quantitative estimate of drug-likeness (QED) is 0.380. The molecule has 1 heterocycles. The summed E-state index contributed by atoms with van der Waals surface area (Å²) in [6.07, 6.45) is 0.504. The van der Waals surface area contributed by atoms with E-state index in [1.165, 1.54) is 6.07 Å². The number of aromatic nitrogens is 1. The van der Waals surface area contributed by atoms with Gasteiger partial charge in [-0.15, -0.1) is 0 Å². The van der Waals surface area contributed by atoms with Gasteiger partial charge in [-0.1, -0.05) is 0 Å². The van der Waals surface area contributed by atoms with Crippen LogP contribution in [0.15, 0.2) is 18.2 Å². The van der Waals surface area contributed by atoms with Crippen LogP contribution >= 0.6 is 0 Å². The first-order valence-electron chi connectivity index (χ1n) is 5.43. The third-order valence-electron chi connectivity index (χ3n) is 2.66. The zero-order valence-corrected chi connectivity index (χ0v) is 9.80. The molecule has 0 bridgehead atoms. The number of aromatic amines is 1. The van der Waals surface area contributed by atoms with E-state index in [2.05, 4.69) is 9.72 Å². The Hall–Kier alpha value is -2.37. The van der Waals surface area contributed by atoms with Crippen LogP contribution in [0.25, 0.3) is 10.9 Å². The number of ether oxygens (including phenoxy) is 1. The third-order valence-corrected chi connectivity index (χ3v) is 2.66. The highest BCUT2D eigenvalue weighted by Gasteiger charge is 2.15. The summed E-state index contributed by atoms with van der Waals surface area (Å²) >= 11 is 0. The van der Waals surface area contributed by atoms with Gasteiger partial charge in [-0.05, 0) is 24.6 Å². The number of carbonyl (C=O) groups is 1. The van der Waals surface area contributed by atoms with E-state index in [9.17, 15) is 14.9 Å². The van der Waals surface area contributed by atoms with Crippen LogP contribution in [0.1, 0.15) is 11.3 Å². The molecule has 6 nitrogen and oxygen atoms in total. The zero-order valence-electron chi connectivity index (χ0n) is 9.80. The minimum Gasteiger partial charge on any atom is -0.467 e. The number of H-pyrrole nitrogens is 1. The molecule has 1 aromatic heterocycles. The molecule has 0 saturated carbocycles. The van der Waals surface area contributed by atoms with Crippen molar-refractivity contribution in [3.8, 4) is 0 Å². The number of fused-ring (bicyclic) bond motifs is 1. The van der Waals surface area contributed by atoms with Gasteiger partial charge >= 0.3 is 0 Å². The van der Waals surface area contributed by atoms with Crippen molar-refractivity contribution < 1.29 is 14.5 Å². The minimum absolute atomic E-state index is 0.0626. The average molecular weight is 248 g/mol. The number of carbonyl (C=O) groups excluding carboxylic acids is 1. The molecule has 1 N–H and O–H groups in total. The van der Waals surface area contributed by atoms with E-state index in [0.717, 1.165) is 16.6 Å². The SMILES string of the molecule is Cc1cc([N+](=O)[O-])c2[nH]c(CCOC=O)cc2c1. The summed E-state index contributed by atoms with van der Waals surface area (Å²) in [5, 5.41) is 11.7. The van der Waals surface area contributed by atoms with E-state index >= 15 is 0 Å². The third kappa shape index (κ3) is 2.32. The van der Waals surface area contributed by atoms with E-state index in [1.54, 1.807) is 0 Å². The van der Waals surface area contributed by atoms with Crippen molar-refractivity contribution >= 4 is 23.1 Å². The molecule has 0 aliphatic rings. The molecule has 0 radical (unpaired) electrons. The number of nitrogens with one attached hydrogen (secondary N) is 1. The summed E-state index contributed by atoms with van der Waals surface area (Å²) < 4.78 is 4.60. The molecule has 1 aromatic carbocycles. The molecule has 0 atom stereocenters. The molecule has 18 heavy (non-hydrogen) atoms. The molecule has 0 spiro atoms. The Morgan fingerprint density at radius 2 is 2.22 bits per heavy atom. The number of nitro groups is 1. The lowest BCUT2D eigenvalue weighted by atomic mass is 10.1. The standard InChI is InChI=1S/C12H12N2O4/c1-8-4-9-6-10(2-3-18-7-15)13-12(9)11(5-8)14(16)17/h4-7,13H,2-3H2,1H3. The second-order valence-corrected chi connectivity index (χ2v) is 4.02. The Balaban J connectivity index is 2.40. The second kappa shape index (κ2) is 4.87. The fraction of sp³-hybridized carbons (Fsp3) is 0.250. The molecule has 2 rings (SSSR count). The Labute approximate surface area is 103 Å². The molecular weight excluding hydrogens is 236 g/mol. The Morgan fingerprint density at radius 3 is 2.89 bits per heavy atom. The number of non-ortho nitro benzene ring substituents is 1. The van der Waals surface area contributed by atoms with Gasteiger partial charge in [0, 0.05) is 23.6 Å². The first-order valence-corrected chi connectivity index (χ1v) is 5.43. The van der Waals surface area contributed by atoms with Gasteiger partial charge in [-0.2, -0.15) is 0 Å². The van der Waals surface area contributed by atoms with Crippen LogP contribution in [0, 0.1) is 17.0 Å². The van der Waals surface area contributed by atoms with Gasteiger partial charge in [0.2, 0.25) is 0 Å². The van der Waals surface area contributed by atoms with E-state index in [1.807, 2.05) is 19.1 Å². The lowest BCUT2D eigenvalue weighted by molar-refractivity contribution is -0.383. The van der Waals surface area contributed by atoms with Gasteiger partial charge in [-0.25, -0.2) is 0 Å². The topological polar surface area (TPSA) is 85.2 Å². The molecule has 94 valence electrons. The monoisotopic (exact) mass is 248 g/mol. The number of nitro benzene ring substituents is 1. The molecule has 0 saturated heterocycles.